The number of amides is 1. The molecule has 2 N–H and O–H groups in total. The van der Waals surface area contributed by atoms with Gasteiger partial charge in [-0.15, -0.1) is 0 Å². The first-order valence-electron chi connectivity index (χ1n) is 9.27. The summed E-state index contributed by atoms with van der Waals surface area (Å²) in [5, 5.41) is 13.0. The van der Waals surface area contributed by atoms with E-state index in [4.69, 9.17) is 9.47 Å². The smallest absolute Gasteiger partial charge is 0.221 e. The third-order valence-electron chi connectivity index (χ3n) is 4.48. The van der Waals surface area contributed by atoms with E-state index in [-0.39, 0.29) is 24.4 Å². The van der Waals surface area contributed by atoms with Crippen LogP contribution < -0.4 is 10.1 Å². The van der Waals surface area contributed by atoms with Crippen LogP contribution in [0, 0.1) is 5.82 Å². The standard InChI is InChI=1S/C21H25FN2O4/c1-15(25)23-18-6-8-20(9-7-18)28-14-19(26)12-24-10-11-27-21(13-24)16-2-4-17(22)5-3-16/h2-9,19,21,26H,10-14H2,1H3,(H,23,25). The third-order valence-corrected chi connectivity index (χ3v) is 4.48. The number of aliphatic hydroxyl groups excluding tert-OH is 1. The van der Waals surface area contributed by atoms with Gasteiger partial charge < -0.3 is 19.9 Å². The molecule has 0 bridgehead atoms. The van der Waals surface area contributed by atoms with Crippen molar-refractivity contribution in [1.29, 1.82) is 0 Å². The van der Waals surface area contributed by atoms with Crippen LogP contribution >= 0.6 is 0 Å². The number of rotatable bonds is 7. The lowest BCUT2D eigenvalue weighted by atomic mass is 10.1. The summed E-state index contributed by atoms with van der Waals surface area (Å²) in [6, 6.07) is 13.3. The normalized spacial score (nSPS) is 18.5. The first-order chi connectivity index (χ1) is 13.5. The van der Waals surface area contributed by atoms with Gasteiger partial charge in [0.05, 0.1) is 12.7 Å². The van der Waals surface area contributed by atoms with Crippen LogP contribution in [-0.4, -0.2) is 54.9 Å². The zero-order valence-corrected chi connectivity index (χ0v) is 15.8. The van der Waals surface area contributed by atoms with Crippen LogP contribution in [0.2, 0.25) is 0 Å². The Hall–Kier alpha value is -2.48. The van der Waals surface area contributed by atoms with Crippen molar-refractivity contribution >= 4 is 11.6 Å². The lowest BCUT2D eigenvalue weighted by molar-refractivity contribution is -0.114. The van der Waals surface area contributed by atoms with E-state index in [1.165, 1.54) is 19.1 Å². The highest BCUT2D eigenvalue weighted by molar-refractivity contribution is 5.88. The number of nitrogens with one attached hydrogen (secondary N) is 1. The van der Waals surface area contributed by atoms with Gasteiger partial charge in [0.25, 0.3) is 0 Å². The van der Waals surface area contributed by atoms with Crippen LogP contribution in [0.1, 0.15) is 18.6 Å². The topological polar surface area (TPSA) is 71.0 Å². The zero-order chi connectivity index (χ0) is 19.9. The van der Waals surface area contributed by atoms with Crippen LogP contribution in [0.4, 0.5) is 10.1 Å². The lowest BCUT2D eigenvalue weighted by Crippen LogP contribution is -2.43. The average molecular weight is 388 g/mol. The van der Waals surface area contributed by atoms with Gasteiger partial charge in [-0.25, -0.2) is 4.39 Å². The van der Waals surface area contributed by atoms with Gasteiger partial charge in [-0.1, -0.05) is 12.1 Å². The number of hydrogen-bond donors (Lipinski definition) is 2. The molecule has 0 spiro atoms. The number of nitrogens with zero attached hydrogens (tertiary/aromatic N) is 1. The van der Waals surface area contributed by atoms with Crippen molar-refractivity contribution < 1.29 is 23.8 Å². The van der Waals surface area contributed by atoms with Crippen LogP contribution in [0.3, 0.4) is 0 Å². The fraction of sp³-hybridized carbons (Fsp3) is 0.381. The second kappa shape index (κ2) is 9.64. The van der Waals surface area contributed by atoms with Crippen LogP contribution in [-0.2, 0) is 9.53 Å². The number of morpholine rings is 1. The van der Waals surface area contributed by atoms with Crippen LogP contribution in [0.5, 0.6) is 5.75 Å². The number of anilines is 1. The number of aliphatic hydroxyl groups is 1. The maximum atomic E-state index is 13.1. The molecule has 3 rings (SSSR count). The lowest BCUT2D eigenvalue weighted by Gasteiger charge is -2.34. The van der Waals surface area contributed by atoms with Crippen molar-refractivity contribution in [3.05, 3.63) is 59.9 Å². The predicted octanol–water partition coefficient (Wildman–Crippen LogP) is 2.60. The molecule has 0 aromatic heterocycles. The summed E-state index contributed by atoms with van der Waals surface area (Å²) in [6.45, 7) is 3.99. The van der Waals surface area contributed by atoms with Crippen molar-refractivity contribution in [2.24, 2.45) is 0 Å². The highest BCUT2D eigenvalue weighted by Crippen LogP contribution is 2.22. The number of hydrogen-bond acceptors (Lipinski definition) is 5. The average Bonchev–Trinajstić information content (AvgIpc) is 2.68. The van der Waals surface area contributed by atoms with Crippen molar-refractivity contribution in [2.75, 3.05) is 38.2 Å². The molecule has 2 aromatic carbocycles. The molecule has 6 nitrogen and oxygen atoms in total. The van der Waals surface area contributed by atoms with E-state index in [9.17, 15) is 14.3 Å². The van der Waals surface area contributed by atoms with E-state index in [1.54, 1.807) is 36.4 Å². The number of carbonyl (C=O) groups excluding carboxylic acids is 1. The predicted molar refractivity (Wildman–Crippen MR) is 104 cm³/mol. The van der Waals surface area contributed by atoms with Gasteiger partial charge in [-0.3, -0.25) is 9.69 Å². The van der Waals surface area contributed by atoms with Gasteiger partial charge in [0.2, 0.25) is 5.91 Å². The largest absolute Gasteiger partial charge is 0.491 e. The quantitative estimate of drug-likeness (QED) is 0.763. The van der Waals surface area contributed by atoms with Gasteiger partial charge in [0.1, 0.15) is 24.3 Å². The summed E-state index contributed by atoms with van der Waals surface area (Å²) in [7, 11) is 0. The molecule has 1 fully saturated rings. The summed E-state index contributed by atoms with van der Waals surface area (Å²) in [5.74, 6) is 0.224. The Kier molecular flexibility index (Phi) is 6.97. The highest BCUT2D eigenvalue weighted by atomic mass is 19.1. The van der Waals surface area contributed by atoms with Gasteiger partial charge in [-0.2, -0.15) is 0 Å². The molecule has 2 unspecified atom stereocenters. The SMILES string of the molecule is CC(=O)Nc1ccc(OCC(O)CN2CCOC(c3ccc(F)cc3)C2)cc1. The molecular formula is C21H25FN2O4. The van der Waals surface area contributed by atoms with E-state index in [1.807, 2.05) is 0 Å². The minimum absolute atomic E-state index is 0.131. The van der Waals surface area contributed by atoms with Crippen LogP contribution in [0.15, 0.2) is 48.5 Å². The van der Waals surface area contributed by atoms with E-state index < -0.39 is 6.10 Å². The summed E-state index contributed by atoms with van der Waals surface area (Å²) >= 11 is 0. The minimum Gasteiger partial charge on any atom is -0.491 e. The molecule has 0 radical (unpaired) electrons. The fourth-order valence-electron chi connectivity index (χ4n) is 3.13. The van der Waals surface area contributed by atoms with E-state index in [0.29, 0.717) is 31.1 Å². The molecule has 1 aliphatic rings. The first-order valence-corrected chi connectivity index (χ1v) is 9.27. The van der Waals surface area contributed by atoms with E-state index in [2.05, 4.69) is 10.2 Å². The monoisotopic (exact) mass is 388 g/mol. The summed E-state index contributed by atoms with van der Waals surface area (Å²) in [4.78, 5) is 13.1. The molecule has 1 saturated heterocycles. The first kappa shape index (κ1) is 20.3. The molecule has 0 saturated carbocycles. The summed E-state index contributed by atoms with van der Waals surface area (Å²) in [6.07, 6.45) is -0.786. The molecule has 2 atom stereocenters. The Labute approximate surface area is 163 Å². The molecule has 7 heteroatoms. The molecule has 2 aromatic rings. The van der Waals surface area contributed by atoms with Crippen molar-refractivity contribution in [2.45, 2.75) is 19.1 Å². The number of halogens is 1. The number of benzene rings is 2. The highest BCUT2D eigenvalue weighted by Gasteiger charge is 2.23. The second-order valence-corrected chi connectivity index (χ2v) is 6.84. The third kappa shape index (κ3) is 6.02. The molecule has 1 heterocycles. The van der Waals surface area contributed by atoms with Crippen molar-refractivity contribution in [3.63, 3.8) is 0 Å². The Morgan fingerprint density at radius 2 is 2.00 bits per heavy atom. The van der Waals surface area contributed by atoms with Gasteiger partial charge in [0.15, 0.2) is 0 Å². The van der Waals surface area contributed by atoms with Crippen molar-refractivity contribution in [1.82, 2.24) is 4.90 Å². The van der Waals surface area contributed by atoms with Crippen LogP contribution in [0.25, 0.3) is 0 Å². The molecule has 1 amide bonds. The number of β-amino-alcohol motifs (C(OH)–C–C–N with tert-alkyl or cyclic N) is 1. The fourth-order valence-corrected chi connectivity index (χ4v) is 3.13. The molecule has 150 valence electrons. The van der Waals surface area contributed by atoms with E-state index >= 15 is 0 Å². The Balaban J connectivity index is 1.45. The minimum atomic E-state index is -0.651. The van der Waals surface area contributed by atoms with Crippen molar-refractivity contribution in [3.8, 4) is 5.75 Å². The maximum absolute atomic E-state index is 13.1. The summed E-state index contributed by atoms with van der Waals surface area (Å²) in [5.41, 5.74) is 1.62. The van der Waals surface area contributed by atoms with Gasteiger partial charge >= 0.3 is 0 Å². The van der Waals surface area contributed by atoms with Gasteiger partial charge in [0, 0.05) is 32.2 Å². The maximum Gasteiger partial charge on any atom is 0.221 e. The zero-order valence-electron chi connectivity index (χ0n) is 15.8. The summed E-state index contributed by atoms with van der Waals surface area (Å²) < 4.78 is 24.5. The molecule has 0 aliphatic carbocycles. The van der Waals surface area contributed by atoms with Gasteiger partial charge in [-0.05, 0) is 42.0 Å². The number of carbonyl (C=O) groups is 1. The molecule has 28 heavy (non-hydrogen) atoms. The number of ether oxygens (including phenoxy) is 2. The molecular weight excluding hydrogens is 363 g/mol. The molecule has 1 aliphatic heterocycles. The Morgan fingerprint density at radius 1 is 1.29 bits per heavy atom. The van der Waals surface area contributed by atoms with E-state index in [0.717, 1.165) is 12.1 Å². The Bertz CT molecular complexity index is 767. The second-order valence-electron chi connectivity index (χ2n) is 6.84. The Morgan fingerprint density at radius 3 is 2.68 bits per heavy atom.